The van der Waals surface area contributed by atoms with Crippen molar-refractivity contribution in [1.82, 2.24) is 0 Å². The molecule has 0 aliphatic rings. The van der Waals surface area contributed by atoms with Crippen molar-refractivity contribution in [3.63, 3.8) is 0 Å². The summed E-state index contributed by atoms with van der Waals surface area (Å²) in [6.45, 7) is 3.04. The third kappa shape index (κ3) is 6.33. The van der Waals surface area contributed by atoms with Crippen LogP contribution in [0.1, 0.15) is 13.8 Å². The molecule has 126 valence electrons. The molecule has 0 saturated carbocycles. The molecule has 0 spiro atoms. The van der Waals surface area contributed by atoms with Crippen LogP contribution in [-0.4, -0.2) is 45.9 Å². The van der Waals surface area contributed by atoms with E-state index in [1.165, 1.54) is 21.1 Å². The first kappa shape index (κ1) is 20.2. The molecule has 0 saturated heterocycles. The number of carbonyl (C=O) groups is 2. The molecule has 8 heteroatoms. The Morgan fingerprint density at radius 1 is 0.792 bits per heavy atom. The van der Waals surface area contributed by atoms with Gasteiger partial charge < -0.3 is 0 Å². The molecule has 2 rings (SSSR count). The van der Waals surface area contributed by atoms with Gasteiger partial charge in [0, 0.05) is 0 Å². The fraction of sp³-hybridized carbons (Fsp3) is 0.125. The zero-order chi connectivity index (χ0) is 17.7. The third-order valence-corrected chi connectivity index (χ3v) is 15.4. The van der Waals surface area contributed by atoms with Crippen LogP contribution in [0.4, 0.5) is 11.4 Å². The van der Waals surface area contributed by atoms with E-state index >= 15 is 0 Å². The van der Waals surface area contributed by atoms with E-state index in [1.807, 2.05) is 24.3 Å². The number of rotatable bonds is 5. The molecule has 24 heavy (non-hydrogen) atoms. The Balaban J connectivity index is 2.24. The van der Waals surface area contributed by atoms with Crippen LogP contribution >= 0.6 is 31.9 Å². The van der Waals surface area contributed by atoms with Gasteiger partial charge >= 0.3 is 176 Å². The zero-order valence-corrected chi connectivity index (χ0v) is 20.7. The van der Waals surface area contributed by atoms with Gasteiger partial charge in [0.1, 0.15) is 0 Å². The number of amides is 2. The van der Waals surface area contributed by atoms with Crippen molar-refractivity contribution in [2.75, 3.05) is 10.6 Å². The van der Waals surface area contributed by atoms with Crippen molar-refractivity contribution in [3.8, 4) is 0 Å². The molecule has 0 atom stereocenters. The minimum absolute atomic E-state index is 0.0620. The molecule has 2 aromatic rings. The molecule has 0 aromatic heterocycles. The van der Waals surface area contributed by atoms with E-state index in [0.29, 0.717) is 0 Å². The summed E-state index contributed by atoms with van der Waals surface area (Å²) in [5, 5.41) is 5.82. The summed E-state index contributed by atoms with van der Waals surface area (Å²) in [6, 6.07) is 11.9. The molecule has 0 fully saturated rings. The average Bonchev–Trinajstić information content (AvgIpc) is 2.49. The second-order valence-corrected chi connectivity index (χ2v) is 16.5. The van der Waals surface area contributed by atoms with Gasteiger partial charge in [0.15, 0.2) is 0 Å². The summed E-state index contributed by atoms with van der Waals surface area (Å²) in [7, 11) is 0. The molecule has 4 nitrogen and oxygen atoms in total. The van der Waals surface area contributed by atoms with E-state index in [1.54, 1.807) is 0 Å². The molecule has 0 heterocycles. The Hall–Kier alpha value is -0.0808. The van der Waals surface area contributed by atoms with E-state index in [9.17, 15) is 9.59 Å². The summed E-state index contributed by atoms with van der Waals surface area (Å²) in [4.78, 5) is 22.8. The molecular formula is C16H14Br2N2O2Te2. The second kappa shape index (κ2) is 9.57. The van der Waals surface area contributed by atoms with Crippen molar-refractivity contribution < 1.29 is 9.59 Å². The number of benzene rings is 2. The summed E-state index contributed by atoms with van der Waals surface area (Å²) < 4.78 is 4.48. The van der Waals surface area contributed by atoms with E-state index in [-0.39, 0.29) is 11.8 Å². The Morgan fingerprint density at radius 3 is 1.50 bits per heavy atom. The van der Waals surface area contributed by atoms with Gasteiger partial charge in [0.25, 0.3) is 0 Å². The Kier molecular flexibility index (Phi) is 8.07. The van der Waals surface area contributed by atoms with Crippen LogP contribution in [0, 0.1) is 0 Å². The molecule has 0 aliphatic carbocycles. The van der Waals surface area contributed by atoms with Crippen LogP contribution in [-0.2, 0) is 9.59 Å². The van der Waals surface area contributed by atoms with Crippen LogP contribution in [0.3, 0.4) is 0 Å². The predicted octanol–water partition coefficient (Wildman–Crippen LogP) is 2.40. The molecule has 2 amide bonds. The first-order valence-electron chi connectivity index (χ1n) is 6.84. The predicted molar refractivity (Wildman–Crippen MR) is 108 cm³/mol. The van der Waals surface area contributed by atoms with Crippen molar-refractivity contribution in [2.24, 2.45) is 0 Å². The van der Waals surface area contributed by atoms with Gasteiger partial charge in [-0.05, 0) is 0 Å². The number of carbonyl (C=O) groups excluding carboxylic acids is 2. The molecular weight excluding hydrogens is 667 g/mol. The number of hydrogen-bond acceptors (Lipinski definition) is 2. The minimum atomic E-state index is -0.470. The van der Waals surface area contributed by atoms with Crippen molar-refractivity contribution in [2.45, 2.75) is 13.8 Å². The molecule has 0 aliphatic heterocycles. The van der Waals surface area contributed by atoms with Crippen LogP contribution in [0.2, 0.25) is 0 Å². The van der Waals surface area contributed by atoms with Crippen LogP contribution in [0.15, 0.2) is 45.3 Å². The van der Waals surface area contributed by atoms with E-state index in [4.69, 9.17) is 0 Å². The molecule has 2 N–H and O–H groups in total. The molecule has 0 unspecified atom stereocenters. The third-order valence-electron chi connectivity index (χ3n) is 2.73. The van der Waals surface area contributed by atoms with Gasteiger partial charge in [-0.25, -0.2) is 0 Å². The number of anilines is 2. The fourth-order valence-electron chi connectivity index (χ4n) is 1.81. The average molecular weight is 681 g/mol. The van der Waals surface area contributed by atoms with Crippen molar-refractivity contribution in [3.05, 3.63) is 45.3 Å². The SMILES string of the molecule is CC(=O)Nc1ccc(Br)cc1[Te][Te]c1cc(Br)ccc1NC(C)=O. The van der Waals surface area contributed by atoms with Crippen LogP contribution < -0.4 is 17.9 Å². The number of halogens is 2. The van der Waals surface area contributed by atoms with E-state index < -0.39 is 34.1 Å². The summed E-state index contributed by atoms with van der Waals surface area (Å²) >= 11 is 6.07. The van der Waals surface area contributed by atoms with Crippen molar-refractivity contribution >= 4 is 96.4 Å². The second-order valence-electron chi connectivity index (χ2n) is 4.81. The van der Waals surface area contributed by atoms with Gasteiger partial charge in [-0.3, -0.25) is 0 Å². The number of nitrogens with one attached hydrogen (secondary N) is 2. The Morgan fingerprint density at radius 2 is 1.17 bits per heavy atom. The van der Waals surface area contributed by atoms with Gasteiger partial charge in [-0.2, -0.15) is 0 Å². The summed E-state index contributed by atoms with van der Waals surface area (Å²) in [5.41, 5.74) is 1.79. The summed E-state index contributed by atoms with van der Waals surface area (Å²) in [5.74, 6) is -0.124. The monoisotopic (exact) mass is 684 g/mol. The summed E-state index contributed by atoms with van der Waals surface area (Å²) in [6.07, 6.45) is 0. The van der Waals surface area contributed by atoms with Gasteiger partial charge in [0.05, 0.1) is 0 Å². The van der Waals surface area contributed by atoms with Gasteiger partial charge in [-0.1, -0.05) is 0 Å². The van der Waals surface area contributed by atoms with Crippen LogP contribution in [0.25, 0.3) is 0 Å². The van der Waals surface area contributed by atoms with E-state index in [0.717, 1.165) is 20.3 Å². The fourth-order valence-corrected chi connectivity index (χ4v) is 14.9. The van der Waals surface area contributed by atoms with Crippen molar-refractivity contribution in [1.29, 1.82) is 0 Å². The first-order chi connectivity index (χ1) is 11.3. The zero-order valence-electron chi connectivity index (χ0n) is 12.9. The Bertz CT molecular complexity index is 719. The molecule has 0 radical (unpaired) electrons. The quantitative estimate of drug-likeness (QED) is 0.477. The first-order valence-corrected chi connectivity index (χ1v) is 18.1. The maximum atomic E-state index is 11.4. The maximum absolute atomic E-state index is 11.4. The Labute approximate surface area is 174 Å². The molecule has 2 aromatic carbocycles. The standard InChI is InChI=1S/C16H14Br2N2O2Te2/c1-9(21)19-13-5-3-11(17)7-15(13)23-24-16-8-12(18)4-6-14(16)20-10(2)22/h3-8H,1-2H3,(H,19,21)(H,20,22). The topological polar surface area (TPSA) is 58.2 Å². The number of hydrogen-bond donors (Lipinski definition) is 2. The molecule has 0 bridgehead atoms. The van der Waals surface area contributed by atoms with Gasteiger partial charge in [-0.15, -0.1) is 0 Å². The van der Waals surface area contributed by atoms with Crippen LogP contribution in [0.5, 0.6) is 0 Å². The van der Waals surface area contributed by atoms with Gasteiger partial charge in [0.2, 0.25) is 0 Å². The van der Waals surface area contributed by atoms with E-state index in [2.05, 4.69) is 54.6 Å². The normalized spacial score (nSPS) is 10.3.